The quantitative estimate of drug-likeness (QED) is 0.917. The Hall–Kier alpha value is -1.52. The highest BCUT2D eigenvalue weighted by atomic mass is 32.2. The summed E-state index contributed by atoms with van der Waals surface area (Å²) in [7, 11) is 1.63. The minimum absolute atomic E-state index is 0.264. The maximum absolute atomic E-state index is 13.1. The third kappa shape index (κ3) is 2.83. The highest BCUT2D eigenvalue weighted by molar-refractivity contribution is 7.99. The summed E-state index contributed by atoms with van der Waals surface area (Å²) >= 11 is 1.53. The first-order valence-electron chi connectivity index (χ1n) is 5.54. The lowest BCUT2D eigenvalue weighted by Gasteiger charge is -2.10. The van der Waals surface area contributed by atoms with Gasteiger partial charge in [0.25, 0.3) is 0 Å². The molecule has 0 heterocycles. The molecular weight excluding hydrogens is 249 g/mol. The van der Waals surface area contributed by atoms with Gasteiger partial charge in [-0.3, -0.25) is 0 Å². The Balaban J connectivity index is 2.33. The van der Waals surface area contributed by atoms with Crippen molar-refractivity contribution in [2.24, 2.45) is 5.73 Å². The highest BCUT2D eigenvalue weighted by Crippen LogP contribution is 2.36. The van der Waals surface area contributed by atoms with E-state index in [1.54, 1.807) is 13.2 Å². The van der Waals surface area contributed by atoms with Crippen LogP contribution in [0.25, 0.3) is 0 Å². The first-order valence-corrected chi connectivity index (χ1v) is 6.35. The van der Waals surface area contributed by atoms with Crippen molar-refractivity contribution in [2.45, 2.75) is 16.3 Å². The van der Waals surface area contributed by atoms with Crippen molar-refractivity contribution in [1.82, 2.24) is 0 Å². The first kappa shape index (κ1) is 12.9. The van der Waals surface area contributed by atoms with E-state index < -0.39 is 0 Å². The second-order valence-electron chi connectivity index (χ2n) is 3.71. The van der Waals surface area contributed by atoms with Crippen LogP contribution in [0.3, 0.4) is 0 Å². The van der Waals surface area contributed by atoms with Gasteiger partial charge in [0.05, 0.1) is 12.0 Å². The molecule has 0 radical (unpaired) electrons. The van der Waals surface area contributed by atoms with Crippen molar-refractivity contribution >= 4 is 11.8 Å². The molecule has 2 rings (SSSR count). The second-order valence-corrected chi connectivity index (χ2v) is 4.79. The Morgan fingerprint density at radius 1 is 1.17 bits per heavy atom. The van der Waals surface area contributed by atoms with Gasteiger partial charge in [0.1, 0.15) is 11.6 Å². The van der Waals surface area contributed by atoms with Crippen molar-refractivity contribution in [1.29, 1.82) is 0 Å². The van der Waals surface area contributed by atoms with Gasteiger partial charge < -0.3 is 10.5 Å². The fraction of sp³-hybridized carbons (Fsp3) is 0.143. The predicted molar refractivity (Wildman–Crippen MR) is 71.4 cm³/mol. The summed E-state index contributed by atoms with van der Waals surface area (Å²) in [5.74, 6) is 0.537. The molecule has 0 aliphatic heterocycles. The molecule has 2 aromatic rings. The van der Waals surface area contributed by atoms with E-state index in [1.165, 1.54) is 23.9 Å². The number of nitrogens with two attached hydrogens (primary N) is 1. The van der Waals surface area contributed by atoms with Crippen LogP contribution in [-0.2, 0) is 6.54 Å². The molecule has 0 atom stereocenters. The summed E-state index contributed by atoms with van der Waals surface area (Å²) in [6.07, 6.45) is 0. The van der Waals surface area contributed by atoms with Crippen LogP contribution < -0.4 is 10.5 Å². The molecule has 0 saturated carbocycles. The highest BCUT2D eigenvalue weighted by Gasteiger charge is 2.08. The summed E-state index contributed by atoms with van der Waals surface area (Å²) in [5, 5.41) is 0. The molecule has 94 valence electrons. The number of methoxy groups -OCH3 is 1. The smallest absolute Gasteiger partial charge is 0.132 e. The number of benzene rings is 2. The van der Waals surface area contributed by atoms with E-state index in [0.717, 1.165) is 21.1 Å². The van der Waals surface area contributed by atoms with E-state index in [2.05, 4.69) is 0 Å². The first-order chi connectivity index (χ1) is 8.74. The van der Waals surface area contributed by atoms with Crippen LogP contribution in [0.4, 0.5) is 4.39 Å². The van der Waals surface area contributed by atoms with Gasteiger partial charge >= 0.3 is 0 Å². The number of hydrogen-bond acceptors (Lipinski definition) is 3. The van der Waals surface area contributed by atoms with Gasteiger partial charge in [-0.15, -0.1) is 0 Å². The molecular formula is C14H14FNOS. The zero-order valence-corrected chi connectivity index (χ0v) is 10.8. The third-order valence-corrected chi connectivity index (χ3v) is 3.71. The molecule has 0 aliphatic carbocycles. The summed E-state index contributed by atoms with van der Waals surface area (Å²) in [6, 6.07) is 12.4. The van der Waals surface area contributed by atoms with Crippen molar-refractivity contribution in [3.63, 3.8) is 0 Å². The zero-order chi connectivity index (χ0) is 13.0. The predicted octanol–water partition coefficient (Wildman–Crippen LogP) is 3.44. The largest absolute Gasteiger partial charge is 0.496 e. The average molecular weight is 263 g/mol. The molecule has 2 nitrogen and oxygen atoms in total. The lowest BCUT2D eigenvalue weighted by molar-refractivity contribution is 0.405. The minimum Gasteiger partial charge on any atom is -0.496 e. The van der Waals surface area contributed by atoms with Crippen LogP contribution in [0.15, 0.2) is 52.3 Å². The summed E-state index contributed by atoms with van der Waals surface area (Å²) in [4.78, 5) is 1.93. The number of para-hydroxylation sites is 1. The zero-order valence-electron chi connectivity index (χ0n) is 10.0. The Morgan fingerprint density at radius 2 is 1.94 bits per heavy atom. The van der Waals surface area contributed by atoms with E-state index >= 15 is 0 Å². The number of ether oxygens (including phenoxy) is 1. The average Bonchev–Trinajstić information content (AvgIpc) is 2.41. The van der Waals surface area contributed by atoms with E-state index in [4.69, 9.17) is 10.5 Å². The monoisotopic (exact) mass is 263 g/mol. The van der Waals surface area contributed by atoms with Crippen LogP contribution in [0, 0.1) is 5.82 Å². The molecule has 2 N–H and O–H groups in total. The van der Waals surface area contributed by atoms with Gasteiger partial charge in [-0.2, -0.15) is 0 Å². The molecule has 0 spiro atoms. The number of rotatable bonds is 4. The Labute approximate surface area is 110 Å². The molecule has 0 saturated heterocycles. The third-order valence-electron chi connectivity index (χ3n) is 2.53. The topological polar surface area (TPSA) is 35.2 Å². The fourth-order valence-corrected chi connectivity index (χ4v) is 2.67. The Kier molecular flexibility index (Phi) is 4.23. The number of halogens is 1. The van der Waals surface area contributed by atoms with Gasteiger partial charge in [-0.25, -0.2) is 4.39 Å². The molecule has 0 aliphatic rings. The van der Waals surface area contributed by atoms with E-state index in [9.17, 15) is 4.39 Å². The molecule has 18 heavy (non-hydrogen) atoms. The number of hydrogen-bond donors (Lipinski definition) is 1. The van der Waals surface area contributed by atoms with E-state index in [-0.39, 0.29) is 5.82 Å². The van der Waals surface area contributed by atoms with Crippen molar-refractivity contribution in [2.75, 3.05) is 7.11 Å². The van der Waals surface area contributed by atoms with Crippen LogP contribution in [-0.4, -0.2) is 7.11 Å². The van der Waals surface area contributed by atoms with Gasteiger partial charge in [0.2, 0.25) is 0 Å². The van der Waals surface area contributed by atoms with Crippen LogP contribution in [0.5, 0.6) is 5.75 Å². The summed E-state index contributed by atoms with van der Waals surface area (Å²) in [5.41, 5.74) is 6.43. The SMILES string of the molecule is COc1ccccc1Sc1ccc(F)cc1CN. The van der Waals surface area contributed by atoms with E-state index in [1.807, 2.05) is 24.3 Å². The van der Waals surface area contributed by atoms with Crippen LogP contribution in [0.2, 0.25) is 0 Å². The van der Waals surface area contributed by atoms with Crippen molar-refractivity contribution in [3.8, 4) is 5.75 Å². The van der Waals surface area contributed by atoms with Gasteiger partial charge in [-0.1, -0.05) is 23.9 Å². The maximum atomic E-state index is 13.1. The molecule has 0 bridgehead atoms. The molecule has 0 unspecified atom stereocenters. The van der Waals surface area contributed by atoms with Crippen LogP contribution >= 0.6 is 11.8 Å². The van der Waals surface area contributed by atoms with Gasteiger partial charge in [0.15, 0.2) is 0 Å². The standard InChI is InChI=1S/C14H14FNOS/c1-17-12-4-2-3-5-14(12)18-13-7-6-11(15)8-10(13)9-16/h2-8H,9,16H2,1H3. The maximum Gasteiger partial charge on any atom is 0.132 e. The lowest BCUT2D eigenvalue weighted by Crippen LogP contribution is -1.99. The minimum atomic E-state index is -0.264. The van der Waals surface area contributed by atoms with Crippen LogP contribution in [0.1, 0.15) is 5.56 Å². The normalized spacial score (nSPS) is 10.4. The summed E-state index contributed by atoms with van der Waals surface area (Å²) in [6.45, 7) is 0.315. The van der Waals surface area contributed by atoms with Gasteiger partial charge in [-0.05, 0) is 35.9 Å². The van der Waals surface area contributed by atoms with E-state index in [0.29, 0.717) is 6.54 Å². The lowest BCUT2D eigenvalue weighted by atomic mass is 10.2. The Bertz CT molecular complexity index is 545. The van der Waals surface area contributed by atoms with Crippen molar-refractivity contribution < 1.29 is 9.13 Å². The summed E-state index contributed by atoms with van der Waals surface area (Å²) < 4.78 is 18.4. The molecule has 0 aromatic heterocycles. The molecule has 4 heteroatoms. The molecule has 0 amide bonds. The molecule has 0 fully saturated rings. The Morgan fingerprint density at radius 3 is 2.67 bits per heavy atom. The molecule has 2 aromatic carbocycles. The van der Waals surface area contributed by atoms with Gasteiger partial charge in [0, 0.05) is 11.4 Å². The van der Waals surface area contributed by atoms with Crippen molar-refractivity contribution in [3.05, 3.63) is 53.8 Å². The fourth-order valence-electron chi connectivity index (χ4n) is 1.63. The second kappa shape index (κ2) is 5.89.